The van der Waals surface area contributed by atoms with Gasteiger partial charge in [-0.15, -0.1) is 0 Å². The van der Waals surface area contributed by atoms with E-state index in [1.165, 1.54) is 6.42 Å². The lowest BCUT2D eigenvalue weighted by atomic mass is 10.1. The maximum Gasteiger partial charge on any atom is 0.0702 e. The van der Waals surface area contributed by atoms with Gasteiger partial charge in [-0.25, -0.2) is 0 Å². The molecule has 0 aliphatic carbocycles. The van der Waals surface area contributed by atoms with Crippen LogP contribution in [0.3, 0.4) is 0 Å². The van der Waals surface area contributed by atoms with E-state index in [0.717, 1.165) is 23.1 Å². The van der Waals surface area contributed by atoms with E-state index in [1.807, 2.05) is 29.1 Å². The smallest absolute Gasteiger partial charge is 0.0702 e. The van der Waals surface area contributed by atoms with Crippen LogP contribution in [0.15, 0.2) is 24.4 Å². The highest BCUT2D eigenvalue weighted by Crippen LogP contribution is 2.18. The van der Waals surface area contributed by atoms with Crippen molar-refractivity contribution >= 4 is 16.6 Å². The lowest BCUT2D eigenvalue weighted by molar-refractivity contribution is 0.448. The summed E-state index contributed by atoms with van der Waals surface area (Å²) in [7, 11) is 0. The first-order valence-electron chi connectivity index (χ1n) is 5.41. The molecule has 1 aromatic carbocycles. The molecule has 2 aromatic rings. The minimum Gasteiger partial charge on any atom is -0.399 e. The third kappa shape index (κ3) is 1.96. The van der Waals surface area contributed by atoms with Crippen LogP contribution in [-0.4, -0.2) is 9.78 Å². The Morgan fingerprint density at radius 1 is 1.47 bits per heavy atom. The molecule has 0 fully saturated rings. The van der Waals surface area contributed by atoms with Crippen molar-refractivity contribution in [2.75, 3.05) is 5.73 Å². The fourth-order valence-corrected chi connectivity index (χ4v) is 1.66. The van der Waals surface area contributed by atoms with E-state index in [9.17, 15) is 0 Å². The van der Waals surface area contributed by atoms with Gasteiger partial charge in [0.15, 0.2) is 0 Å². The average Bonchev–Trinajstić information content (AvgIpc) is 2.61. The SMILES string of the molecule is CCC(C)Cn1ncc2ccc(N)cc21. The molecule has 0 aliphatic heterocycles. The molecule has 0 aliphatic rings. The van der Waals surface area contributed by atoms with Gasteiger partial charge in [-0.2, -0.15) is 5.10 Å². The maximum absolute atomic E-state index is 5.77. The van der Waals surface area contributed by atoms with Crippen LogP contribution in [0.25, 0.3) is 10.9 Å². The van der Waals surface area contributed by atoms with Gasteiger partial charge < -0.3 is 5.73 Å². The van der Waals surface area contributed by atoms with Crippen LogP contribution in [-0.2, 0) is 6.54 Å². The summed E-state index contributed by atoms with van der Waals surface area (Å²) < 4.78 is 2.04. The Balaban J connectivity index is 2.39. The summed E-state index contributed by atoms with van der Waals surface area (Å²) >= 11 is 0. The highest BCUT2D eigenvalue weighted by Gasteiger charge is 2.05. The second-order valence-electron chi connectivity index (χ2n) is 4.16. The Hall–Kier alpha value is -1.51. The van der Waals surface area contributed by atoms with E-state index in [4.69, 9.17) is 5.73 Å². The van der Waals surface area contributed by atoms with Gasteiger partial charge in [-0.05, 0) is 24.1 Å². The van der Waals surface area contributed by atoms with Crippen molar-refractivity contribution in [3.8, 4) is 0 Å². The lowest BCUT2D eigenvalue weighted by Gasteiger charge is -2.09. The Bertz CT molecular complexity index is 459. The quantitative estimate of drug-likeness (QED) is 0.779. The van der Waals surface area contributed by atoms with E-state index < -0.39 is 0 Å². The molecule has 0 radical (unpaired) electrons. The van der Waals surface area contributed by atoms with Gasteiger partial charge in [0.2, 0.25) is 0 Å². The molecule has 15 heavy (non-hydrogen) atoms. The van der Waals surface area contributed by atoms with Gasteiger partial charge in [0.25, 0.3) is 0 Å². The number of fused-ring (bicyclic) bond motifs is 1. The molecule has 2 N–H and O–H groups in total. The zero-order chi connectivity index (χ0) is 10.8. The molecule has 0 amide bonds. The normalized spacial score (nSPS) is 13.2. The Kier molecular flexibility index (Phi) is 2.62. The zero-order valence-electron chi connectivity index (χ0n) is 9.27. The van der Waals surface area contributed by atoms with E-state index in [1.54, 1.807) is 0 Å². The third-order valence-electron chi connectivity index (χ3n) is 2.85. The van der Waals surface area contributed by atoms with Gasteiger partial charge in [-0.3, -0.25) is 4.68 Å². The highest BCUT2D eigenvalue weighted by atomic mass is 15.3. The fraction of sp³-hybridized carbons (Fsp3) is 0.417. The topological polar surface area (TPSA) is 43.8 Å². The van der Waals surface area contributed by atoms with Crippen LogP contribution in [0.4, 0.5) is 5.69 Å². The molecular formula is C12H17N3. The Morgan fingerprint density at radius 2 is 2.27 bits per heavy atom. The molecule has 0 saturated heterocycles. The molecule has 1 atom stereocenters. The predicted molar refractivity (Wildman–Crippen MR) is 63.6 cm³/mol. The lowest BCUT2D eigenvalue weighted by Crippen LogP contribution is -2.07. The second kappa shape index (κ2) is 3.93. The number of nitrogens with two attached hydrogens (primary N) is 1. The van der Waals surface area contributed by atoms with E-state index in [2.05, 4.69) is 18.9 Å². The number of nitrogens with zero attached hydrogens (tertiary/aromatic N) is 2. The number of hydrogen-bond donors (Lipinski definition) is 1. The van der Waals surface area contributed by atoms with Gasteiger partial charge in [0.05, 0.1) is 11.7 Å². The molecule has 3 heteroatoms. The summed E-state index contributed by atoms with van der Waals surface area (Å²) in [6, 6.07) is 5.92. The molecule has 0 spiro atoms. The molecule has 1 unspecified atom stereocenters. The summed E-state index contributed by atoms with van der Waals surface area (Å²) in [5, 5.41) is 5.55. The number of rotatable bonds is 3. The van der Waals surface area contributed by atoms with E-state index in [0.29, 0.717) is 5.92 Å². The monoisotopic (exact) mass is 203 g/mol. The van der Waals surface area contributed by atoms with Crippen LogP contribution >= 0.6 is 0 Å². The van der Waals surface area contributed by atoms with Crippen molar-refractivity contribution < 1.29 is 0 Å². The van der Waals surface area contributed by atoms with Crippen molar-refractivity contribution in [3.63, 3.8) is 0 Å². The molecular weight excluding hydrogens is 186 g/mol. The van der Waals surface area contributed by atoms with Crippen molar-refractivity contribution in [1.82, 2.24) is 9.78 Å². The molecule has 3 nitrogen and oxygen atoms in total. The molecule has 1 heterocycles. The number of hydrogen-bond acceptors (Lipinski definition) is 2. The van der Waals surface area contributed by atoms with Crippen LogP contribution in [0.5, 0.6) is 0 Å². The predicted octanol–water partition coefficient (Wildman–Crippen LogP) is 2.66. The summed E-state index contributed by atoms with van der Waals surface area (Å²) in [5.74, 6) is 0.648. The molecule has 1 aromatic heterocycles. The zero-order valence-corrected chi connectivity index (χ0v) is 9.27. The second-order valence-corrected chi connectivity index (χ2v) is 4.16. The van der Waals surface area contributed by atoms with Gasteiger partial charge >= 0.3 is 0 Å². The maximum atomic E-state index is 5.77. The summed E-state index contributed by atoms with van der Waals surface area (Å²) in [6.45, 7) is 5.40. The minimum absolute atomic E-state index is 0.648. The minimum atomic E-state index is 0.648. The van der Waals surface area contributed by atoms with Crippen molar-refractivity contribution in [2.45, 2.75) is 26.8 Å². The van der Waals surface area contributed by atoms with Crippen molar-refractivity contribution in [3.05, 3.63) is 24.4 Å². The van der Waals surface area contributed by atoms with Crippen LogP contribution in [0.1, 0.15) is 20.3 Å². The van der Waals surface area contributed by atoms with Crippen LogP contribution < -0.4 is 5.73 Å². The first-order chi connectivity index (χ1) is 7.20. The van der Waals surface area contributed by atoms with Crippen LogP contribution in [0, 0.1) is 5.92 Å². The van der Waals surface area contributed by atoms with E-state index >= 15 is 0 Å². The first kappa shape index (κ1) is 10.0. The van der Waals surface area contributed by atoms with Crippen molar-refractivity contribution in [1.29, 1.82) is 0 Å². The third-order valence-corrected chi connectivity index (χ3v) is 2.85. The fourth-order valence-electron chi connectivity index (χ4n) is 1.66. The number of anilines is 1. The summed E-state index contributed by atoms with van der Waals surface area (Å²) in [4.78, 5) is 0. The van der Waals surface area contributed by atoms with E-state index in [-0.39, 0.29) is 0 Å². The molecule has 80 valence electrons. The first-order valence-corrected chi connectivity index (χ1v) is 5.41. The van der Waals surface area contributed by atoms with Gasteiger partial charge in [0.1, 0.15) is 0 Å². The molecule has 0 bridgehead atoms. The highest BCUT2D eigenvalue weighted by molar-refractivity contribution is 5.81. The standard InChI is InChI=1S/C12H17N3/c1-3-9(2)8-15-12-6-11(13)5-4-10(12)7-14-15/h4-7,9H,3,8,13H2,1-2H3. The summed E-state index contributed by atoms with van der Waals surface area (Å²) in [5.41, 5.74) is 7.71. The number of benzene rings is 1. The number of nitrogen functional groups attached to an aromatic ring is 1. The Labute approximate surface area is 89.9 Å². The van der Waals surface area contributed by atoms with Gasteiger partial charge in [0, 0.05) is 17.6 Å². The van der Waals surface area contributed by atoms with Crippen molar-refractivity contribution in [2.24, 2.45) is 5.92 Å². The molecule has 2 rings (SSSR count). The van der Waals surface area contributed by atoms with Crippen LogP contribution in [0.2, 0.25) is 0 Å². The Morgan fingerprint density at radius 3 is 3.00 bits per heavy atom. The summed E-state index contributed by atoms with van der Waals surface area (Å²) in [6.07, 6.45) is 3.07. The van der Waals surface area contributed by atoms with Gasteiger partial charge in [-0.1, -0.05) is 20.3 Å². The largest absolute Gasteiger partial charge is 0.399 e. The average molecular weight is 203 g/mol. The molecule has 0 saturated carbocycles. The number of aromatic nitrogens is 2.